The van der Waals surface area contributed by atoms with Gasteiger partial charge in [0.1, 0.15) is 4.90 Å². The fourth-order valence-electron chi connectivity index (χ4n) is 1.99. The van der Waals surface area contributed by atoms with Gasteiger partial charge in [-0.3, -0.25) is 0 Å². The molecule has 1 aromatic carbocycles. The molecule has 7 nitrogen and oxygen atoms in total. The number of fused-ring (bicyclic) bond motifs is 1. The summed E-state index contributed by atoms with van der Waals surface area (Å²) in [4.78, 5) is 15.3. The molecule has 8 heteroatoms. The molecule has 1 unspecified atom stereocenters. The van der Waals surface area contributed by atoms with Gasteiger partial charge in [-0.25, -0.2) is 22.9 Å². The van der Waals surface area contributed by atoms with Gasteiger partial charge in [0, 0.05) is 0 Å². The number of hydrogen-bond donors (Lipinski definition) is 3. The molecule has 0 amide bonds. The molecule has 0 saturated carbocycles. The third-order valence-electron chi connectivity index (χ3n) is 3.06. The van der Waals surface area contributed by atoms with E-state index in [0.29, 0.717) is 18.5 Å². The summed E-state index contributed by atoms with van der Waals surface area (Å²) in [6.07, 6.45) is 1.91. The molecule has 1 heterocycles. The van der Waals surface area contributed by atoms with Crippen LogP contribution in [0.1, 0.15) is 26.2 Å². The van der Waals surface area contributed by atoms with Crippen molar-refractivity contribution in [3.63, 3.8) is 0 Å². The Bertz CT molecular complexity index is 670. The molecule has 0 aliphatic carbocycles. The summed E-state index contributed by atoms with van der Waals surface area (Å²) in [5, 5.41) is 12.0. The Hall–Kier alpha value is -2.09. The lowest BCUT2D eigenvalue weighted by Gasteiger charge is -2.22. The van der Waals surface area contributed by atoms with Crippen LogP contribution in [0.15, 0.2) is 34.2 Å². The summed E-state index contributed by atoms with van der Waals surface area (Å²) >= 11 is 0. The van der Waals surface area contributed by atoms with E-state index in [-0.39, 0.29) is 10.9 Å². The van der Waals surface area contributed by atoms with Crippen molar-refractivity contribution in [1.29, 1.82) is 0 Å². The van der Waals surface area contributed by atoms with Gasteiger partial charge in [0.05, 0.1) is 5.69 Å². The van der Waals surface area contributed by atoms with Gasteiger partial charge in [0.25, 0.3) is 10.0 Å². The SMILES string of the molecule is CCCCC(N=C1Nc2ccccc2S(=O)(=O)N1)C(=O)O. The van der Waals surface area contributed by atoms with Crippen molar-refractivity contribution in [3.8, 4) is 0 Å². The third kappa shape index (κ3) is 3.52. The number of unbranched alkanes of at least 4 members (excludes halogenated alkanes) is 1. The first kappa shape index (κ1) is 15.3. The van der Waals surface area contributed by atoms with Crippen LogP contribution in [-0.4, -0.2) is 31.5 Å². The third-order valence-corrected chi connectivity index (χ3v) is 4.46. The molecule has 1 aliphatic heterocycles. The molecule has 0 spiro atoms. The highest BCUT2D eigenvalue weighted by Crippen LogP contribution is 2.24. The maximum Gasteiger partial charge on any atom is 0.328 e. The van der Waals surface area contributed by atoms with Gasteiger partial charge in [0.2, 0.25) is 5.96 Å². The summed E-state index contributed by atoms with van der Waals surface area (Å²) in [5.74, 6) is -1.13. The number of carbonyl (C=O) groups is 1. The minimum atomic E-state index is -3.72. The number of hydrogen-bond acceptors (Lipinski definition) is 4. The Morgan fingerprint density at radius 2 is 2.10 bits per heavy atom. The Labute approximate surface area is 123 Å². The Morgan fingerprint density at radius 1 is 1.38 bits per heavy atom. The first-order valence-corrected chi connectivity index (χ1v) is 8.12. The number of guanidine groups is 1. The van der Waals surface area contributed by atoms with Crippen molar-refractivity contribution in [2.45, 2.75) is 37.1 Å². The quantitative estimate of drug-likeness (QED) is 0.761. The normalized spacial score (nSPS) is 19.2. The zero-order chi connectivity index (χ0) is 15.5. The predicted octanol–water partition coefficient (Wildman–Crippen LogP) is 1.39. The van der Waals surface area contributed by atoms with Gasteiger partial charge >= 0.3 is 5.97 Å². The van der Waals surface area contributed by atoms with E-state index in [1.165, 1.54) is 6.07 Å². The molecule has 1 atom stereocenters. The molecule has 0 fully saturated rings. The molecule has 0 radical (unpaired) electrons. The fraction of sp³-hybridized carbons (Fsp3) is 0.385. The molecule has 114 valence electrons. The Morgan fingerprint density at radius 3 is 2.76 bits per heavy atom. The van der Waals surface area contributed by atoms with Gasteiger partial charge < -0.3 is 10.4 Å². The molecule has 1 aromatic rings. The molecule has 0 aromatic heterocycles. The van der Waals surface area contributed by atoms with E-state index in [1.54, 1.807) is 18.2 Å². The van der Waals surface area contributed by atoms with Crippen molar-refractivity contribution in [2.75, 3.05) is 5.32 Å². The Kier molecular flexibility index (Phi) is 4.46. The molecule has 1 aliphatic rings. The molecule has 2 rings (SSSR count). The second kappa shape index (κ2) is 6.13. The van der Waals surface area contributed by atoms with Crippen LogP contribution in [0.2, 0.25) is 0 Å². The summed E-state index contributed by atoms with van der Waals surface area (Å²) in [6, 6.07) is 5.40. The average Bonchev–Trinajstić information content (AvgIpc) is 2.42. The maximum absolute atomic E-state index is 12.1. The van der Waals surface area contributed by atoms with E-state index in [9.17, 15) is 13.2 Å². The summed E-state index contributed by atoms with van der Waals surface area (Å²) in [7, 11) is -3.72. The fourth-order valence-corrected chi connectivity index (χ4v) is 3.13. The zero-order valence-corrected chi connectivity index (χ0v) is 12.4. The van der Waals surface area contributed by atoms with E-state index in [0.717, 1.165) is 6.42 Å². The van der Waals surface area contributed by atoms with Crippen molar-refractivity contribution in [3.05, 3.63) is 24.3 Å². The van der Waals surface area contributed by atoms with Crippen LogP contribution in [-0.2, 0) is 14.8 Å². The minimum Gasteiger partial charge on any atom is -0.480 e. The second-order valence-electron chi connectivity index (χ2n) is 4.70. The highest BCUT2D eigenvalue weighted by Gasteiger charge is 2.27. The first-order valence-electron chi connectivity index (χ1n) is 6.63. The van der Waals surface area contributed by atoms with Crippen LogP contribution < -0.4 is 10.0 Å². The summed E-state index contributed by atoms with van der Waals surface area (Å²) in [6.45, 7) is 1.95. The molecular weight excluding hydrogens is 294 g/mol. The first-order chi connectivity index (χ1) is 9.94. The van der Waals surface area contributed by atoms with E-state index < -0.39 is 22.0 Å². The van der Waals surface area contributed by atoms with Gasteiger partial charge in [-0.05, 0) is 18.6 Å². The number of nitrogens with one attached hydrogen (secondary N) is 2. The highest BCUT2D eigenvalue weighted by molar-refractivity contribution is 7.90. The zero-order valence-electron chi connectivity index (χ0n) is 11.5. The smallest absolute Gasteiger partial charge is 0.328 e. The lowest BCUT2D eigenvalue weighted by molar-refractivity contribution is -0.138. The monoisotopic (exact) mass is 311 g/mol. The number of anilines is 1. The highest BCUT2D eigenvalue weighted by atomic mass is 32.2. The topological polar surface area (TPSA) is 108 Å². The minimum absolute atomic E-state index is 0.0581. The van der Waals surface area contributed by atoms with E-state index in [2.05, 4.69) is 15.0 Å². The summed E-state index contributed by atoms with van der Waals surface area (Å²) in [5.41, 5.74) is 0.384. The maximum atomic E-state index is 12.1. The number of carboxylic acid groups (broad SMARTS) is 1. The van der Waals surface area contributed by atoms with Crippen LogP contribution in [0.25, 0.3) is 0 Å². The van der Waals surface area contributed by atoms with Gasteiger partial charge in [-0.2, -0.15) is 0 Å². The number of benzene rings is 1. The van der Waals surface area contributed by atoms with E-state index in [1.807, 2.05) is 6.92 Å². The second-order valence-corrected chi connectivity index (χ2v) is 6.35. The number of para-hydroxylation sites is 1. The number of rotatable bonds is 5. The molecule has 0 saturated heterocycles. The standard InChI is InChI=1S/C13H17N3O4S/c1-2-3-6-10(12(17)18)15-13-14-9-7-4-5-8-11(9)21(19,20)16-13/h4-5,7-8,10H,2-3,6H2,1H3,(H,17,18)(H2,14,15,16). The number of aliphatic imine (C=N–C) groups is 1. The lowest BCUT2D eigenvalue weighted by atomic mass is 10.1. The van der Waals surface area contributed by atoms with Crippen LogP contribution in [0.4, 0.5) is 5.69 Å². The van der Waals surface area contributed by atoms with E-state index >= 15 is 0 Å². The van der Waals surface area contributed by atoms with Crippen LogP contribution in [0.3, 0.4) is 0 Å². The summed E-state index contributed by atoms with van der Waals surface area (Å²) < 4.78 is 26.4. The largest absolute Gasteiger partial charge is 0.480 e. The van der Waals surface area contributed by atoms with Gasteiger partial charge in [0.15, 0.2) is 6.04 Å². The van der Waals surface area contributed by atoms with Crippen LogP contribution in [0.5, 0.6) is 0 Å². The van der Waals surface area contributed by atoms with Gasteiger partial charge in [-0.15, -0.1) is 0 Å². The Balaban J connectivity index is 2.30. The lowest BCUT2D eigenvalue weighted by Crippen LogP contribution is -2.42. The van der Waals surface area contributed by atoms with E-state index in [4.69, 9.17) is 5.11 Å². The van der Waals surface area contributed by atoms with Crippen LogP contribution >= 0.6 is 0 Å². The molecule has 3 N–H and O–H groups in total. The predicted molar refractivity (Wildman–Crippen MR) is 78.8 cm³/mol. The number of sulfonamides is 1. The molecule has 0 bridgehead atoms. The van der Waals surface area contributed by atoms with Crippen molar-refractivity contribution in [1.82, 2.24) is 4.72 Å². The van der Waals surface area contributed by atoms with Crippen LogP contribution in [0, 0.1) is 0 Å². The van der Waals surface area contributed by atoms with Crippen molar-refractivity contribution >= 4 is 27.6 Å². The number of nitrogens with zero attached hydrogens (tertiary/aromatic N) is 1. The number of aliphatic carboxylic acids is 1. The number of carboxylic acids is 1. The molecule has 21 heavy (non-hydrogen) atoms. The molecular formula is C13H17N3O4S. The van der Waals surface area contributed by atoms with Crippen molar-refractivity contribution < 1.29 is 18.3 Å². The average molecular weight is 311 g/mol. The van der Waals surface area contributed by atoms with Gasteiger partial charge in [-0.1, -0.05) is 31.9 Å². The van der Waals surface area contributed by atoms with Crippen molar-refractivity contribution in [2.24, 2.45) is 4.99 Å².